The van der Waals surface area contributed by atoms with E-state index in [-0.39, 0.29) is 12.5 Å². The topological polar surface area (TPSA) is 51.5 Å². The third-order valence-corrected chi connectivity index (χ3v) is 5.70. The first-order valence-corrected chi connectivity index (χ1v) is 9.76. The van der Waals surface area contributed by atoms with Crippen molar-refractivity contribution in [3.8, 4) is 0 Å². The van der Waals surface area contributed by atoms with Gasteiger partial charge in [-0.2, -0.15) is 0 Å². The van der Waals surface area contributed by atoms with E-state index in [9.17, 15) is 9.59 Å². The average molecular weight is 346 g/mol. The average Bonchev–Trinajstić information content (AvgIpc) is 3.08. The quantitative estimate of drug-likeness (QED) is 0.764. The molecule has 0 N–H and O–H groups in total. The van der Waals surface area contributed by atoms with Gasteiger partial charge in [-0.1, -0.05) is 38.5 Å². The van der Waals surface area contributed by atoms with Crippen molar-refractivity contribution in [1.29, 1.82) is 0 Å². The van der Waals surface area contributed by atoms with Crippen LogP contribution in [0.1, 0.15) is 74.7 Å². The summed E-state index contributed by atoms with van der Waals surface area (Å²) in [6.07, 6.45) is 13.5. The second-order valence-corrected chi connectivity index (χ2v) is 7.47. The summed E-state index contributed by atoms with van der Waals surface area (Å²) in [6, 6.07) is 4.18. The Morgan fingerprint density at radius 2 is 1.60 bits per heavy atom. The molecule has 0 bridgehead atoms. The van der Waals surface area contributed by atoms with Gasteiger partial charge in [-0.05, 0) is 37.8 Å². The van der Waals surface area contributed by atoms with Crippen LogP contribution in [0.2, 0.25) is 0 Å². The maximum absolute atomic E-state index is 12.9. The molecule has 1 amide bonds. The van der Waals surface area contributed by atoms with E-state index in [0.717, 1.165) is 25.7 Å². The summed E-state index contributed by atoms with van der Waals surface area (Å²) in [5, 5.41) is 0. The number of nitrogens with zero attached hydrogens (tertiary/aromatic N) is 2. The van der Waals surface area contributed by atoms with Crippen LogP contribution in [0, 0.1) is 0 Å². The molecule has 0 saturated heterocycles. The molecular weight excluding hydrogens is 316 g/mol. The maximum Gasteiger partial charge on any atom is 0.355 e. The summed E-state index contributed by atoms with van der Waals surface area (Å²) in [5.41, 5.74) is 0.481. The fourth-order valence-corrected chi connectivity index (χ4v) is 4.37. The standard InChI is InChI=1S/C20H30N2O3/c1-21-14-8-13-18(21)20(24)25-15-19(23)22(16-9-4-2-5-10-16)17-11-6-3-7-12-17/h8,13-14,16-17H,2-7,9-12,15H2,1H3. The van der Waals surface area contributed by atoms with E-state index < -0.39 is 5.97 Å². The number of rotatable bonds is 5. The highest BCUT2D eigenvalue weighted by Crippen LogP contribution is 2.30. The van der Waals surface area contributed by atoms with Crippen molar-refractivity contribution in [3.63, 3.8) is 0 Å². The molecule has 138 valence electrons. The molecule has 1 aromatic rings. The number of aryl methyl sites for hydroxylation is 1. The predicted molar refractivity (Wildman–Crippen MR) is 96.3 cm³/mol. The van der Waals surface area contributed by atoms with Crippen LogP contribution in [0.3, 0.4) is 0 Å². The van der Waals surface area contributed by atoms with Gasteiger partial charge < -0.3 is 14.2 Å². The van der Waals surface area contributed by atoms with Crippen molar-refractivity contribution in [2.24, 2.45) is 7.05 Å². The van der Waals surface area contributed by atoms with Gasteiger partial charge in [0.1, 0.15) is 5.69 Å². The number of carbonyl (C=O) groups is 2. The van der Waals surface area contributed by atoms with E-state index in [4.69, 9.17) is 4.74 Å². The Balaban J connectivity index is 1.63. The fraction of sp³-hybridized carbons (Fsp3) is 0.700. The Morgan fingerprint density at radius 1 is 1.04 bits per heavy atom. The lowest BCUT2D eigenvalue weighted by molar-refractivity contribution is -0.141. The van der Waals surface area contributed by atoms with Crippen molar-refractivity contribution in [2.45, 2.75) is 76.3 Å². The summed E-state index contributed by atoms with van der Waals surface area (Å²) >= 11 is 0. The van der Waals surface area contributed by atoms with E-state index in [2.05, 4.69) is 4.90 Å². The summed E-state index contributed by atoms with van der Waals surface area (Å²) in [5.74, 6) is -0.436. The van der Waals surface area contributed by atoms with E-state index in [0.29, 0.717) is 17.8 Å². The van der Waals surface area contributed by atoms with E-state index in [1.807, 2.05) is 0 Å². The van der Waals surface area contributed by atoms with Gasteiger partial charge in [-0.15, -0.1) is 0 Å². The Labute approximate surface area is 150 Å². The van der Waals surface area contributed by atoms with Crippen LogP contribution in [0.5, 0.6) is 0 Å². The summed E-state index contributed by atoms with van der Waals surface area (Å²) in [4.78, 5) is 27.2. The highest BCUT2D eigenvalue weighted by Gasteiger charge is 2.32. The van der Waals surface area contributed by atoms with E-state index >= 15 is 0 Å². The van der Waals surface area contributed by atoms with Crippen molar-refractivity contribution in [3.05, 3.63) is 24.0 Å². The van der Waals surface area contributed by atoms with Gasteiger partial charge in [0.15, 0.2) is 6.61 Å². The minimum Gasteiger partial charge on any atom is -0.451 e. The Hall–Kier alpha value is -1.78. The van der Waals surface area contributed by atoms with Crippen molar-refractivity contribution in [2.75, 3.05) is 6.61 Å². The number of carbonyl (C=O) groups excluding carboxylic acids is 2. The van der Waals surface area contributed by atoms with Crippen LogP contribution in [-0.2, 0) is 16.6 Å². The largest absolute Gasteiger partial charge is 0.451 e. The summed E-state index contributed by atoms with van der Waals surface area (Å²) < 4.78 is 7.06. The molecule has 25 heavy (non-hydrogen) atoms. The molecule has 0 aliphatic heterocycles. The highest BCUT2D eigenvalue weighted by molar-refractivity contribution is 5.90. The number of amides is 1. The summed E-state index contributed by atoms with van der Waals surface area (Å²) in [7, 11) is 1.80. The zero-order chi connectivity index (χ0) is 17.6. The van der Waals surface area contributed by atoms with Gasteiger partial charge >= 0.3 is 5.97 Å². The molecule has 5 heteroatoms. The normalized spacial score (nSPS) is 19.6. The van der Waals surface area contributed by atoms with Crippen LogP contribution in [0.4, 0.5) is 0 Å². The molecule has 2 saturated carbocycles. The zero-order valence-electron chi connectivity index (χ0n) is 15.3. The molecule has 2 aliphatic rings. The fourth-order valence-electron chi connectivity index (χ4n) is 4.37. The third-order valence-electron chi connectivity index (χ3n) is 5.70. The number of hydrogen-bond donors (Lipinski definition) is 0. The SMILES string of the molecule is Cn1cccc1C(=O)OCC(=O)N(C1CCCCC1)C1CCCCC1. The van der Waals surface area contributed by atoms with Crippen molar-refractivity contribution < 1.29 is 14.3 Å². The Kier molecular flexibility index (Phi) is 6.16. The van der Waals surface area contributed by atoms with Gasteiger partial charge in [-0.3, -0.25) is 4.79 Å². The number of ether oxygens (including phenoxy) is 1. The predicted octanol–water partition coefficient (Wildman–Crippen LogP) is 3.68. The number of aromatic nitrogens is 1. The molecule has 2 aliphatic carbocycles. The molecule has 0 unspecified atom stereocenters. The van der Waals surface area contributed by atoms with Gasteiger partial charge in [0, 0.05) is 25.3 Å². The molecule has 0 spiro atoms. The zero-order valence-corrected chi connectivity index (χ0v) is 15.3. The summed E-state index contributed by atoms with van der Waals surface area (Å²) in [6.45, 7) is -0.142. The van der Waals surface area contributed by atoms with Crippen molar-refractivity contribution >= 4 is 11.9 Å². The molecule has 0 radical (unpaired) electrons. The van der Waals surface area contributed by atoms with Crippen LogP contribution in [0.15, 0.2) is 18.3 Å². The maximum atomic E-state index is 12.9. The molecule has 1 heterocycles. The number of esters is 1. The van der Waals surface area contributed by atoms with Crippen LogP contribution >= 0.6 is 0 Å². The van der Waals surface area contributed by atoms with Gasteiger partial charge in [0.25, 0.3) is 5.91 Å². The molecule has 3 rings (SSSR count). The monoisotopic (exact) mass is 346 g/mol. The van der Waals surface area contributed by atoms with Crippen molar-refractivity contribution in [1.82, 2.24) is 9.47 Å². The number of hydrogen-bond acceptors (Lipinski definition) is 3. The molecule has 2 fully saturated rings. The van der Waals surface area contributed by atoms with Crippen LogP contribution in [-0.4, -0.2) is 40.0 Å². The first kappa shape index (κ1) is 18.0. The Morgan fingerprint density at radius 3 is 2.08 bits per heavy atom. The second kappa shape index (κ2) is 8.54. The lowest BCUT2D eigenvalue weighted by atomic mass is 9.88. The second-order valence-electron chi connectivity index (χ2n) is 7.47. The molecule has 0 aromatic carbocycles. The van der Waals surface area contributed by atoms with E-state index in [1.165, 1.54) is 38.5 Å². The van der Waals surface area contributed by atoms with Gasteiger partial charge in [0.2, 0.25) is 0 Å². The Bertz CT molecular complexity index is 566. The first-order chi connectivity index (χ1) is 12.2. The minimum absolute atomic E-state index is 0.0126. The highest BCUT2D eigenvalue weighted by atomic mass is 16.5. The smallest absolute Gasteiger partial charge is 0.355 e. The molecule has 0 atom stereocenters. The lowest BCUT2D eigenvalue weighted by Gasteiger charge is -2.41. The third kappa shape index (κ3) is 4.44. The molecular formula is C20H30N2O3. The minimum atomic E-state index is -0.423. The molecule has 5 nitrogen and oxygen atoms in total. The van der Waals surface area contributed by atoms with Crippen LogP contribution in [0.25, 0.3) is 0 Å². The van der Waals surface area contributed by atoms with Gasteiger partial charge in [-0.25, -0.2) is 4.79 Å². The van der Waals surface area contributed by atoms with Gasteiger partial charge in [0.05, 0.1) is 0 Å². The molecule has 1 aromatic heterocycles. The lowest BCUT2D eigenvalue weighted by Crippen LogP contribution is -2.50. The first-order valence-electron chi connectivity index (χ1n) is 9.76. The van der Waals surface area contributed by atoms with E-state index in [1.54, 1.807) is 29.9 Å². The van der Waals surface area contributed by atoms with Crippen LogP contribution < -0.4 is 0 Å².